The van der Waals surface area contributed by atoms with E-state index < -0.39 is 17.9 Å². The number of ether oxygens (including phenoxy) is 1. The maximum absolute atomic E-state index is 12.4. The van der Waals surface area contributed by atoms with Crippen molar-refractivity contribution in [2.24, 2.45) is 0 Å². The zero-order chi connectivity index (χ0) is 21.0. The van der Waals surface area contributed by atoms with Gasteiger partial charge in [0, 0.05) is 5.39 Å². The van der Waals surface area contributed by atoms with Crippen LogP contribution in [0.3, 0.4) is 0 Å². The number of hydrogen-bond acceptors (Lipinski definition) is 4. The molecule has 0 aliphatic rings. The third-order valence-corrected chi connectivity index (χ3v) is 4.59. The topological polar surface area (TPSA) is 80.3 Å². The molecule has 29 heavy (non-hydrogen) atoms. The number of carbonyl (C=O) groups excluding carboxylic acids is 2. The van der Waals surface area contributed by atoms with Gasteiger partial charge in [-0.25, -0.2) is 4.98 Å². The lowest BCUT2D eigenvalue weighted by Gasteiger charge is -2.19. The highest BCUT2D eigenvalue weighted by molar-refractivity contribution is 5.96. The Morgan fingerprint density at radius 3 is 2.48 bits per heavy atom. The molecule has 150 valence electrons. The minimum atomic E-state index is -0.779. The van der Waals surface area contributed by atoms with Gasteiger partial charge in [-0.15, -0.1) is 0 Å². The maximum Gasteiger partial charge on any atom is 0.288 e. The summed E-state index contributed by atoms with van der Waals surface area (Å²) in [4.78, 5) is 29.0. The molecule has 2 aromatic carbocycles. The van der Waals surface area contributed by atoms with Crippen LogP contribution in [0.1, 0.15) is 48.3 Å². The first kappa shape index (κ1) is 20.3. The molecule has 2 amide bonds. The Labute approximate surface area is 170 Å². The second kappa shape index (κ2) is 8.73. The normalized spacial score (nSPS) is 11.9. The van der Waals surface area contributed by atoms with Crippen LogP contribution in [0.25, 0.3) is 10.9 Å². The van der Waals surface area contributed by atoms with Gasteiger partial charge in [-0.05, 0) is 49.1 Å². The number of para-hydroxylation sites is 1. The monoisotopic (exact) mass is 391 g/mol. The Balaban J connectivity index is 1.62. The van der Waals surface area contributed by atoms with E-state index >= 15 is 0 Å². The van der Waals surface area contributed by atoms with Crippen LogP contribution in [0.15, 0.2) is 54.6 Å². The van der Waals surface area contributed by atoms with Gasteiger partial charge in [0.25, 0.3) is 11.8 Å². The molecule has 2 N–H and O–H groups in total. The molecule has 0 aliphatic heterocycles. The number of fused-ring (bicyclic) bond motifs is 1. The van der Waals surface area contributed by atoms with E-state index in [0.717, 1.165) is 16.5 Å². The van der Waals surface area contributed by atoms with E-state index in [-0.39, 0.29) is 11.6 Å². The van der Waals surface area contributed by atoms with Gasteiger partial charge in [-0.2, -0.15) is 0 Å². The van der Waals surface area contributed by atoms with Crippen molar-refractivity contribution in [3.05, 3.63) is 71.4 Å². The van der Waals surface area contributed by atoms with Crippen LogP contribution in [-0.4, -0.2) is 22.9 Å². The smallest absolute Gasteiger partial charge is 0.288 e. The largest absolute Gasteiger partial charge is 0.481 e. The third kappa shape index (κ3) is 4.90. The Kier molecular flexibility index (Phi) is 6.12. The van der Waals surface area contributed by atoms with Gasteiger partial charge in [0.2, 0.25) is 0 Å². The number of aryl methyl sites for hydroxylation is 1. The van der Waals surface area contributed by atoms with Gasteiger partial charge >= 0.3 is 0 Å². The summed E-state index contributed by atoms with van der Waals surface area (Å²) in [5.41, 5.74) is 7.82. The number of hydrogen-bond donors (Lipinski definition) is 2. The molecular formula is C23H25N3O3. The number of aromatic nitrogens is 1. The Hall–Kier alpha value is -3.41. The van der Waals surface area contributed by atoms with Gasteiger partial charge in [0.1, 0.15) is 11.4 Å². The van der Waals surface area contributed by atoms with E-state index in [1.54, 1.807) is 13.0 Å². The third-order valence-electron chi connectivity index (χ3n) is 4.59. The first-order chi connectivity index (χ1) is 13.8. The first-order valence-corrected chi connectivity index (χ1v) is 9.58. The molecule has 0 spiro atoms. The number of pyridine rings is 1. The predicted molar refractivity (Wildman–Crippen MR) is 113 cm³/mol. The van der Waals surface area contributed by atoms with E-state index in [0.29, 0.717) is 11.3 Å². The number of amides is 2. The minimum absolute atomic E-state index is 0.221. The van der Waals surface area contributed by atoms with Crippen molar-refractivity contribution in [3.8, 4) is 5.75 Å². The molecule has 1 aromatic heterocycles. The molecule has 6 heteroatoms. The minimum Gasteiger partial charge on any atom is -0.481 e. The van der Waals surface area contributed by atoms with Crippen LogP contribution in [-0.2, 0) is 4.79 Å². The van der Waals surface area contributed by atoms with Crippen molar-refractivity contribution in [2.45, 2.75) is 39.7 Å². The standard InChI is InChI=1S/C23H25N3O3/c1-14(2)18-11-9-15(3)13-21(18)29-16(4)22(27)25-26-23(28)20-12-10-17-7-5-6-8-19(17)24-20/h5-14,16H,1-4H3,(H,25,27)(H,26,28). The Morgan fingerprint density at radius 1 is 0.966 bits per heavy atom. The average molecular weight is 391 g/mol. The molecule has 6 nitrogen and oxygen atoms in total. The molecular weight excluding hydrogens is 366 g/mol. The Morgan fingerprint density at radius 2 is 1.72 bits per heavy atom. The summed E-state index contributed by atoms with van der Waals surface area (Å²) in [5.74, 6) is -0.00482. The van der Waals surface area contributed by atoms with Crippen molar-refractivity contribution >= 4 is 22.7 Å². The zero-order valence-electron chi connectivity index (χ0n) is 17.0. The van der Waals surface area contributed by atoms with Crippen LogP contribution in [0.2, 0.25) is 0 Å². The van der Waals surface area contributed by atoms with E-state index in [1.807, 2.05) is 55.5 Å². The van der Waals surface area contributed by atoms with Gasteiger partial charge in [-0.1, -0.05) is 50.2 Å². The molecule has 1 unspecified atom stereocenters. The molecule has 0 bridgehead atoms. The number of nitrogens with zero attached hydrogens (tertiary/aromatic N) is 1. The fourth-order valence-electron chi connectivity index (χ4n) is 2.94. The van der Waals surface area contributed by atoms with Crippen LogP contribution in [0, 0.1) is 6.92 Å². The highest BCUT2D eigenvalue weighted by Gasteiger charge is 2.19. The SMILES string of the molecule is Cc1ccc(C(C)C)c(OC(C)C(=O)NNC(=O)c2ccc3ccccc3n2)c1. The average Bonchev–Trinajstić information content (AvgIpc) is 2.71. The van der Waals surface area contributed by atoms with E-state index in [4.69, 9.17) is 4.74 Å². The number of nitrogens with one attached hydrogen (secondary N) is 2. The summed E-state index contributed by atoms with van der Waals surface area (Å²) in [6, 6.07) is 16.9. The van der Waals surface area contributed by atoms with Crippen LogP contribution in [0.4, 0.5) is 0 Å². The van der Waals surface area contributed by atoms with E-state index in [1.165, 1.54) is 0 Å². The number of benzene rings is 2. The maximum atomic E-state index is 12.4. The van der Waals surface area contributed by atoms with Gasteiger partial charge in [-0.3, -0.25) is 20.4 Å². The lowest BCUT2D eigenvalue weighted by atomic mass is 10.0. The van der Waals surface area contributed by atoms with E-state index in [9.17, 15) is 9.59 Å². The highest BCUT2D eigenvalue weighted by Crippen LogP contribution is 2.28. The van der Waals surface area contributed by atoms with Crippen LogP contribution < -0.4 is 15.6 Å². The molecule has 3 rings (SSSR count). The van der Waals surface area contributed by atoms with Crippen LogP contribution in [0.5, 0.6) is 5.75 Å². The van der Waals surface area contributed by atoms with Gasteiger partial charge < -0.3 is 4.74 Å². The van der Waals surface area contributed by atoms with E-state index in [2.05, 4.69) is 29.7 Å². The fraction of sp³-hybridized carbons (Fsp3) is 0.261. The second-order valence-corrected chi connectivity index (χ2v) is 7.29. The summed E-state index contributed by atoms with van der Waals surface area (Å²) in [5, 5.41) is 0.939. The molecule has 1 atom stereocenters. The predicted octanol–water partition coefficient (Wildman–Crippen LogP) is 3.90. The molecule has 0 fully saturated rings. The Bertz CT molecular complexity index is 1050. The van der Waals surface area contributed by atoms with Crippen molar-refractivity contribution in [3.63, 3.8) is 0 Å². The number of rotatable bonds is 5. The zero-order valence-corrected chi connectivity index (χ0v) is 17.0. The van der Waals surface area contributed by atoms with Crippen molar-refractivity contribution < 1.29 is 14.3 Å². The molecule has 1 heterocycles. The molecule has 0 saturated carbocycles. The van der Waals surface area contributed by atoms with Crippen LogP contribution >= 0.6 is 0 Å². The highest BCUT2D eigenvalue weighted by atomic mass is 16.5. The number of hydrazine groups is 1. The lowest BCUT2D eigenvalue weighted by Crippen LogP contribution is -2.47. The molecule has 3 aromatic rings. The fourth-order valence-corrected chi connectivity index (χ4v) is 2.94. The lowest BCUT2D eigenvalue weighted by molar-refractivity contribution is -0.128. The first-order valence-electron chi connectivity index (χ1n) is 9.58. The summed E-state index contributed by atoms with van der Waals surface area (Å²) in [7, 11) is 0. The molecule has 0 radical (unpaired) electrons. The summed E-state index contributed by atoms with van der Waals surface area (Å²) >= 11 is 0. The van der Waals surface area contributed by atoms with Gasteiger partial charge in [0.05, 0.1) is 5.52 Å². The second-order valence-electron chi connectivity index (χ2n) is 7.29. The summed E-state index contributed by atoms with van der Waals surface area (Å²) in [6.07, 6.45) is -0.779. The summed E-state index contributed by atoms with van der Waals surface area (Å²) in [6.45, 7) is 7.75. The summed E-state index contributed by atoms with van der Waals surface area (Å²) < 4.78 is 5.87. The van der Waals surface area contributed by atoms with Crippen molar-refractivity contribution in [1.29, 1.82) is 0 Å². The quantitative estimate of drug-likeness (QED) is 0.647. The van der Waals surface area contributed by atoms with Crippen molar-refractivity contribution in [2.75, 3.05) is 0 Å². The van der Waals surface area contributed by atoms with Gasteiger partial charge in [0.15, 0.2) is 6.10 Å². The molecule has 0 aliphatic carbocycles. The molecule has 0 saturated heterocycles. The number of carbonyl (C=O) groups is 2. The van der Waals surface area contributed by atoms with Crippen molar-refractivity contribution in [1.82, 2.24) is 15.8 Å².